The predicted octanol–water partition coefficient (Wildman–Crippen LogP) is 1.83. The van der Waals surface area contributed by atoms with E-state index in [0.29, 0.717) is 23.9 Å². The van der Waals surface area contributed by atoms with Gasteiger partial charge in [-0.3, -0.25) is 9.69 Å². The summed E-state index contributed by atoms with van der Waals surface area (Å²) in [6.07, 6.45) is 4.41. The van der Waals surface area contributed by atoms with Gasteiger partial charge in [-0.2, -0.15) is 0 Å². The highest BCUT2D eigenvalue weighted by atomic mass is 16.3. The molecule has 2 heterocycles. The van der Waals surface area contributed by atoms with Crippen LogP contribution in [0, 0.1) is 13.8 Å². The molecule has 23 heavy (non-hydrogen) atoms. The van der Waals surface area contributed by atoms with Gasteiger partial charge in [0.15, 0.2) is 0 Å². The highest BCUT2D eigenvalue weighted by molar-refractivity contribution is 5.85. The number of phenols is 1. The maximum Gasteiger partial charge on any atom is 0.242 e. The third-order valence-corrected chi connectivity index (χ3v) is 5.50. The smallest absolute Gasteiger partial charge is 0.242 e. The van der Waals surface area contributed by atoms with Crippen LogP contribution in [0.15, 0.2) is 24.4 Å². The third-order valence-electron chi connectivity index (χ3n) is 5.50. The number of carbonyl (C=O) groups excluding carboxylic acids is 1. The summed E-state index contributed by atoms with van der Waals surface area (Å²) in [5, 5.41) is 9.85. The molecule has 1 aromatic carbocycles. The van der Waals surface area contributed by atoms with E-state index in [4.69, 9.17) is 5.73 Å². The molecule has 2 saturated heterocycles. The zero-order valence-corrected chi connectivity index (χ0v) is 14.0. The average molecular weight is 315 g/mol. The highest BCUT2D eigenvalue weighted by Crippen LogP contribution is 2.38. The van der Waals surface area contributed by atoms with E-state index in [1.54, 1.807) is 6.07 Å². The molecule has 2 bridgehead atoms. The van der Waals surface area contributed by atoms with E-state index < -0.39 is 5.91 Å². The lowest BCUT2D eigenvalue weighted by Crippen LogP contribution is -2.45. The molecule has 0 spiro atoms. The fourth-order valence-electron chi connectivity index (χ4n) is 4.01. The molecule has 2 fully saturated rings. The van der Waals surface area contributed by atoms with Crippen LogP contribution in [0.3, 0.4) is 0 Å². The topological polar surface area (TPSA) is 69.8 Å². The first kappa shape index (κ1) is 15.9. The lowest BCUT2D eigenvalue weighted by Gasteiger charge is -2.38. The number of rotatable bonds is 4. The summed E-state index contributed by atoms with van der Waals surface area (Å²) in [6.45, 7) is 8.22. The van der Waals surface area contributed by atoms with Gasteiger partial charge in [0.25, 0.3) is 0 Å². The second kappa shape index (κ2) is 5.89. The molecule has 3 N–H and O–H groups in total. The van der Waals surface area contributed by atoms with Gasteiger partial charge in [0.1, 0.15) is 5.75 Å². The second-order valence-corrected chi connectivity index (χ2v) is 6.75. The van der Waals surface area contributed by atoms with Crippen LogP contribution in [0.25, 0.3) is 0 Å². The minimum Gasteiger partial charge on any atom is -0.508 e. The zero-order valence-electron chi connectivity index (χ0n) is 14.0. The normalized spacial score (nSPS) is 25.4. The lowest BCUT2D eigenvalue weighted by atomic mass is 9.96. The number of nitrogens with two attached hydrogens (primary N) is 1. The number of piperazine rings is 1. The summed E-state index contributed by atoms with van der Waals surface area (Å²) in [7, 11) is 0. The van der Waals surface area contributed by atoms with Crippen molar-refractivity contribution in [2.24, 2.45) is 5.73 Å². The van der Waals surface area contributed by atoms with Crippen molar-refractivity contribution in [3.8, 4) is 5.75 Å². The number of hydrogen-bond acceptors (Lipinski definition) is 4. The molecule has 0 aliphatic carbocycles. The molecule has 3 atom stereocenters. The maximum atomic E-state index is 10.9. The van der Waals surface area contributed by atoms with Crippen LogP contribution < -0.4 is 5.73 Å². The van der Waals surface area contributed by atoms with Gasteiger partial charge in [0.05, 0.1) is 0 Å². The first-order chi connectivity index (χ1) is 10.9. The fraction of sp³-hybridized carbons (Fsp3) is 0.500. The number of primary amides is 1. The molecule has 1 aromatic rings. The Kier molecular flexibility index (Phi) is 4.06. The molecule has 5 nitrogen and oxygen atoms in total. The minimum absolute atomic E-state index is 0.326. The van der Waals surface area contributed by atoms with E-state index >= 15 is 0 Å². The van der Waals surface area contributed by atoms with Crippen molar-refractivity contribution in [1.82, 2.24) is 9.80 Å². The SMILES string of the molecule is Cc1c(O)ccc([C@H](C)N2C[C@@H]3C[C@H]2CN3C=CC(N)=O)c1C. The predicted molar refractivity (Wildman–Crippen MR) is 89.9 cm³/mol. The quantitative estimate of drug-likeness (QED) is 0.832. The van der Waals surface area contributed by atoms with Crippen molar-refractivity contribution in [2.45, 2.75) is 45.3 Å². The molecular weight excluding hydrogens is 290 g/mol. The zero-order chi connectivity index (χ0) is 16.7. The van der Waals surface area contributed by atoms with Crippen molar-refractivity contribution in [3.05, 3.63) is 41.1 Å². The largest absolute Gasteiger partial charge is 0.508 e. The summed E-state index contributed by atoms with van der Waals surface area (Å²) in [5.41, 5.74) is 8.60. The number of likely N-dealkylation sites (tertiary alicyclic amines) is 2. The Morgan fingerprint density at radius 3 is 2.65 bits per heavy atom. The Hall–Kier alpha value is -2.01. The van der Waals surface area contributed by atoms with Crippen LogP contribution in [0.2, 0.25) is 0 Å². The molecule has 1 amide bonds. The van der Waals surface area contributed by atoms with Crippen molar-refractivity contribution in [1.29, 1.82) is 0 Å². The molecule has 0 radical (unpaired) electrons. The highest BCUT2D eigenvalue weighted by Gasteiger charge is 2.44. The molecule has 2 aliphatic heterocycles. The summed E-state index contributed by atoms with van der Waals surface area (Å²) in [6, 6.07) is 5.12. The molecule has 5 heteroatoms. The number of phenolic OH excluding ortho intramolecular Hbond substituents is 1. The van der Waals surface area contributed by atoms with E-state index in [2.05, 4.69) is 23.6 Å². The van der Waals surface area contributed by atoms with Gasteiger partial charge >= 0.3 is 0 Å². The Morgan fingerprint density at radius 2 is 2.04 bits per heavy atom. The van der Waals surface area contributed by atoms with Crippen LogP contribution >= 0.6 is 0 Å². The monoisotopic (exact) mass is 315 g/mol. The first-order valence-electron chi connectivity index (χ1n) is 8.16. The molecule has 124 valence electrons. The van der Waals surface area contributed by atoms with Crippen LogP contribution in [0.5, 0.6) is 5.75 Å². The maximum absolute atomic E-state index is 10.9. The number of carbonyl (C=O) groups is 1. The van der Waals surface area contributed by atoms with Crippen molar-refractivity contribution in [3.63, 3.8) is 0 Å². The number of benzene rings is 1. The molecule has 0 aromatic heterocycles. The molecule has 2 aliphatic rings. The summed E-state index contributed by atoms with van der Waals surface area (Å²) in [5.74, 6) is -0.0302. The number of hydrogen-bond donors (Lipinski definition) is 2. The van der Waals surface area contributed by atoms with Gasteiger partial charge in [-0.15, -0.1) is 0 Å². The number of aromatic hydroxyl groups is 1. The second-order valence-electron chi connectivity index (χ2n) is 6.75. The molecule has 0 saturated carbocycles. The number of nitrogens with zero attached hydrogens (tertiary/aromatic N) is 2. The van der Waals surface area contributed by atoms with Crippen LogP contribution in [0.1, 0.15) is 36.1 Å². The Bertz CT molecular complexity index is 656. The average Bonchev–Trinajstić information content (AvgIpc) is 3.10. The summed E-state index contributed by atoms with van der Waals surface area (Å²) < 4.78 is 0. The molecule has 3 rings (SSSR count). The van der Waals surface area contributed by atoms with Gasteiger partial charge < -0.3 is 15.7 Å². The summed E-state index contributed by atoms with van der Waals surface area (Å²) in [4.78, 5) is 15.7. The van der Waals surface area contributed by atoms with Crippen molar-refractivity contribution >= 4 is 5.91 Å². The van der Waals surface area contributed by atoms with E-state index in [0.717, 1.165) is 25.1 Å². The Labute approximate surface area is 137 Å². The third kappa shape index (κ3) is 2.81. The minimum atomic E-state index is -0.395. The fourth-order valence-corrected chi connectivity index (χ4v) is 4.01. The van der Waals surface area contributed by atoms with E-state index in [1.165, 1.54) is 17.2 Å². The van der Waals surface area contributed by atoms with Gasteiger partial charge in [-0.25, -0.2) is 0 Å². The summed E-state index contributed by atoms with van der Waals surface area (Å²) >= 11 is 0. The standard InChI is InChI=1S/C18H25N3O2/c1-11-12(2)17(22)5-4-16(11)13(3)21-10-14-8-15(21)9-20(14)7-6-18(19)23/h4-7,13-15,22H,8-10H2,1-3H3,(H2,19,23)/t13-,14-,15-/m0/s1. The van der Waals surface area contributed by atoms with Crippen LogP contribution in [0.4, 0.5) is 0 Å². The van der Waals surface area contributed by atoms with Gasteiger partial charge in [0.2, 0.25) is 5.91 Å². The van der Waals surface area contributed by atoms with E-state index in [9.17, 15) is 9.90 Å². The molecule has 0 unspecified atom stereocenters. The van der Waals surface area contributed by atoms with Crippen molar-refractivity contribution < 1.29 is 9.90 Å². The number of amides is 1. The van der Waals surface area contributed by atoms with Crippen LogP contribution in [-0.4, -0.2) is 46.0 Å². The van der Waals surface area contributed by atoms with Gasteiger partial charge in [0, 0.05) is 43.5 Å². The number of fused-ring (bicyclic) bond motifs is 2. The van der Waals surface area contributed by atoms with Crippen LogP contribution in [-0.2, 0) is 4.79 Å². The van der Waals surface area contributed by atoms with Gasteiger partial charge in [-0.1, -0.05) is 6.07 Å². The van der Waals surface area contributed by atoms with E-state index in [-0.39, 0.29) is 0 Å². The Morgan fingerprint density at radius 1 is 1.30 bits per heavy atom. The van der Waals surface area contributed by atoms with Crippen molar-refractivity contribution in [2.75, 3.05) is 13.1 Å². The van der Waals surface area contributed by atoms with E-state index in [1.807, 2.05) is 19.2 Å². The molecular formula is C18H25N3O2. The van der Waals surface area contributed by atoms with Gasteiger partial charge in [-0.05, 0) is 49.9 Å². The lowest BCUT2D eigenvalue weighted by molar-refractivity contribution is -0.113. The first-order valence-corrected chi connectivity index (χ1v) is 8.16. The Balaban J connectivity index is 1.74.